The molecule has 20 heavy (non-hydrogen) atoms. The lowest BCUT2D eigenvalue weighted by atomic mass is 10.0. The molecule has 1 aromatic carbocycles. The molecule has 1 aromatic rings. The molecule has 0 saturated carbocycles. The SMILES string of the molecule is COC(=O)C(NC(=O)/C=C(\[O-])c1ccccc1)C(C)C. The van der Waals surface area contributed by atoms with Gasteiger partial charge >= 0.3 is 5.97 Å². The maximum Gasteiger partial charge on any atom is 0.328 e. The van der Waals surface area contributed by atoms with Crippen molar-refractivity contribution in [3.05, 3.63) is 42.0 Å². The second-order valence-corrected chi connectivity index (χ2v) is 4.63. The highest BCUT2D eigenvalue weighted by molar-refractivity contribution is 5.95. The molecule has 0 aliphatic carbocycles. The van der Waals surface area contributed by atoms with E-state index in [0.29, 0.717) is 5.56 Å². The van der Waals surface area contributed by atoms with Crippen LogP contribution in [0, 0.1) is 5.92 Å². The summed E-state index contributed by atoms with van der Waals surface area (Å²) in [4.78, 5) is 23.3. The predicted octanol–water partition coefficient (Wildman–Crippen LogP) is 0.702. The number of carbonyl (C=O) groups is 2. The first-order valence-electron chi connectivity index (χ1n) is 6.28. The van der Waals surface area contributed by atoms with Gasteiger partial charge in [0.2, 0.25) is 5.91 Å². The van der Waals surface area contributed by atoms with Gasteiger partial charge in [-0.25, -0.2) is 4.79 Å². The highest BCUT2D eigenvalue weighted by Gasteiger charge is 2.23. The van der Waals surface area contributed by atoms with E-state index in [4.69, 9.17) is 0 Å². The largest absolute Gasteiger partial charge is 0.872 e. The van der Waals surface area contributed by atoms with E-state index in [-0.39, 0.29) is 5.92 Å². The third-order valence-electron chi connectivity index (χ3n) is 2.74. The summed E-state index contributed by atoms with van der Waals surface area (Å²) in [6.07, 6.45) is 0.938. The molecule has 0 aromatic heterocycles. The van der Waals surface area contributed by atoms with E-state index in [1.165, 1.54) is 7.11 Å². The van der Waals surface area contributed by atoms with Crippen LogP contribution in [-0.4, -0.2) is 25.0 Å². The molecule has 0 aliphatic heterocycles. The molecule has 0 aliphatic rings. The zero-order valence-corrected chi connectivity index (χ0v) is 11.8. The maximum absolute atomic E-state index is 11.8. The first-order chi connectivity index (χ1) is 9.45. The van der Waals surface area contributed by atoms with Crippen LogP contribution < -0.4 is 10.4 Å². The highest BCUT2D eigenvalue weighted by Crippen LogP contribution is 2.08. The lowest BCUT2D eigenvalue weighted by Crippen LogP contribution is -2.44. The topological polar surface area (TPSA) is 78.5 Å². The zero-order valence-electron chi connectivity index (χ0n) is 11.8. The van der Waals surface area contributed by atoms with Crippen LogP contribution in [0.4, 0.5) is 0 Å². The molecule has 0 fully saturated rings. The molecule has 1 amide bonds. The summed E-state index contributed by atoms with van der Waals surface area (Å²) in [5, 5.41) is 14.3. The van der Waals surface area contributed by atoms with Crippen LogP contribution in [0.1, 0.15) is 19.4 Å². The van der Waals surface area contributed by atoms with E-state index in [2.05, 4.69) is 10.1 Å². The van der Waals surface area contributed by atoms with Gasteiger partial charge in [-0.15, -0.1) is 0 Å². The normalized spacial score (nSPS) is 12.9. The fourth-order valence-electron chi connectivity index (χ4n) is 1.62. The minimum Gasteiger partial charge on any atom is -0.872 e. The Hall–Kier alpha value is -2.30. The Balaban J connectivity index is 2.78. The molecular formula is C15H18NO4-. The van der Waals surface area contributed by atoms with E-state index in [1.54, 1.807) is 44.2 Å². The van der Waals surface area contributed by atoms with Crippen LogP contribution in [0.2, 0.25) is 0 Å². The van der Waals surface area contributed by atoms with Gasteiger partial charge in [-0.05, 0) is 17.6 Å². The van der Waals surface area contributed by atoms with E-state index < -0.39 is 23.7 Å². The fourth-order valence-corrected chi connectivity index (χ4v) is 1.62. The Morgan fingerprint density at radius 1 is 1.25 bits per heavy atom. The molecular weight excluding hydrogens is 258 g/mol. The second kappa shape index (κ2) is 7.33. The van der Waals surface area contributed by atoms with Crippen molar-refractivity contribution in [2.75, 3.05) is 7.11 Å². The van der Waals surface area contributed by atoms with Gasteiger partial charge in [0.25, 0.3) is 0 Å². The van der Waals surface area contributed by atoms with Gasteiger partial charge in [0.05, 0.1) is 7.11 Å². The molecule has 1 unspecified atom stereocenters. The second-order valence-electron chi connectivity index (χ2n) is 4.63. The van der Waals surface area contributed by atoms with E-state index in [1.807, 2.05) is 0 Å². The van der Waals surface area contributed by atoms with Crippen molar-refractivity contribution in [3.63, 3.8) is 0 Å². The molecule has 1 rings (SSSR count). The minimum absolute atomic E-state index is 0.133. The van der Waals surface area contributed by atoms with Gasteiger partial charge < -0.3 is 15.2 Å². The summed E-state index contributed by atoms with van der Waals surface area (Å²) in [6, 6.07) is 7.67. The van der Waals surface area contributed by atoms with Crippen LogP contribution in [0.5, 0.6) is 0 Å². The molecule has 5 nitrogen and oxygen atoms in total. The fraction of sp³-hybridized carbons (Fsp3) is 0.333. The number of hydrogen-bond acceptors (Lipinski definition) is 4. The number of methoxy groups -OCH3 is 1. The van der Waals surface area contributed by atoms with Crippen LogP contribution in [0.25, 0.3) is 5.76 Å². The smallest absolute Gasteiger partial charge is 0.328 e. The summed E-state index contributed by atoms with van der Waals surface area (Å²) < 4.78 is 4.61. The van der Waals surface area contributed by atoms with Gasteiger partial charge in [0, 0.05) is 0 Å². The molecule has 1 N–H and O–H groups in total. The summed E-state index contributed by atoms with van der Waals surface area (Å²) in [6.45, 7) is 3.56. The summed E-state index contributed by atoms with van der Waals surface area (Å²) in [5.41, 5.74) is 0.418. The first-order valence-corrected chi connectivity index (χ1v) is 6.28. The third-order valence-corrected chi connectivity index (χ3v) is 2.74. The molecule has 108 valence electrons. The predicted molar refractivity (Wildman–Crippen MR) is 73.2 cm³/mol. The molecule has 5 heteroatoms. The summed E-state index contributed by atoms with van der Waals surface area (Å²) >= 11 is 0. The average Bonchev–Trinajstić information content (AvgIpc) is 2.44. The van der Waals surface area contributed by atoms with Crippen LogP contribution in [0.15, 0.2) is 36.4 Å². The number of nitrogens with one attached hydrogen (secondary N) is 1. The number of rotatable bonds is 5. The lowest BCUT2D eigenvalue weighted by molar-refractivity contribution is -0.243. The summed E-state index contributed by atoms with van der Waals surface area (Å²) in [5.74, 6) is -1.68. The van der Waals surface area contributed by atoms with Crippen molar-refractivity contribution in [1.29, 1.82) is 0 Å². The Kier molecular flexibility index (Phi) is 5.77. The molecule has 1 atom stereocenters. The van der Waals surface area contributed by atoms with E-state index >= 15 is 0 Å². The lowest BCUT2D eigenvalue weighted by Gasteiger charge is -2.20. The maximum atomic E-state index is 11.8. The van der Waals surface area contributed by atoms with Gasteiger partial charge in [-0.1, -0.05) is 49.9 Å². The summed E-state index contributed by atoms with van der Waals surface area (Å²) in [7, 11) is 1.25. The number of esters is 1. The average molecular weight is 276 g/mol. The molecule has 0 radical (unpaired) electrons. The third kappa shape index (κ3) is 4.42. The Labute approximate surface area is 118 Å². The molecule has 0 heterocycles. The molecule has 0 spiro atoms. The number of carbonyl (C=O) groups excluding carboxylic acids is 2. The van der Waals surface area contributed by atoms with Gasteiger partial charge in [0.15, 0.2) is 0 Å². The minimum atomic E-state index is -0.771. The van der Waals surface area contributed by atoms with Crippen LogP contribution in [-0.2, 0) is 14.3 Å². The van der Waals surface area contributed by atoms with E-state index in [0.717, 1.165) is 6.08 Å². The van der Waals surface area contributed by atoms with Crippen molar-refractivity contribution >= 4 is 17.6 Å². The van der Waals surface area contributed by atoms with Gasteiger partial charge in [-0.2, -0.15) is 0 Å². The van der Waals surface area contributed by atoms with Crippen molar-refractivity contribution in [2.45, 2.75) is 19.9 Å². The van der Waals surface area contributed by atoms with Crippen molar-refractivity contribution in [2.24, 2.45) is 5.92 Å². The standard InChI is InChI=1S/C15H19NO4/c1-10(2)14(15(19)20-3)16-13(18)9-12(17)11-7-5-4-6-8-11/h4-10,14,17H,1-3H3,(H,16,18)/p-1/b12-9-. The van der Waals surface area contributed by atoms with Crippen LogP contribution >= 0.6 is 0 Å². The monoisotopic (exact) mass is 276 g/mol. The first kappa shape index (κ1) is 15.8. The zero-order chi connectivity index (χ0) is 15.1. The van der Waals surface area contributed by atoms with Crippen molar-refractivity contribution in [3.8, 4) is 0 Å². The molecule has 0 bridgehead atoms. The van der Waals surface area contributed by atoms with Gasteiger partial charge in [0.1, 0.15) is 6.04 Å². The van der Waals surface area contributed by atoms with Crippen molar-refractivity contribution < 1.29 is 19.4 Å². The van der Waals surface area contributed by atoms with Crippen LogP contribution in [0.3, 0.4) is 0 Å². The molecule has 0 saturated heterocycles. The number of hydrogen-bond donors (Lipinski definition) is 1. The van der Waals surface area contributed by atoms with Crippen molar-refractivity contribution in [1.82, 2.24) is 5.32 Å². The number of benzene rings is 1. The number of ether oxygens (including phenoxy) is 1. The quantitative estimate of drug-likeness (QED) is 0.488. The Morgan fingerprint density at radius 3 is 2.35 bits per heavy atom. The Morgan fingerprint density at radius 2 is 1.85 bits per heavy atom. The Bertz CT molecular complexity index is 494. The van der Waals surface area contributed by atoms with Gasteiger partial charge in [-0.3, -0.25) is 4.79 Å². The number of amides is 1. The van der Waals surface area contributed by atoms with E-state index in [9.17, 15) is 14.7 Å². The highest BCUT2D eigenvalue weighted by atomic mass is 16.5.